The number of amides is 1. The first-order valence-corrected chi connectivity index (χ1v) is 6.89. The second kappa shape index (κ2) is 5.95. The third-order valence-electron chi connectivity index (χ3n) is 2.47. The third-order valence-corrected chi connectivity index (χ3v) is 4.46. The Bertz CT molecular complexity index is 393. The van der Waals surface area contributed by atoms with Crippen LogP contribution >= 0.6 is 27.3 Å². The van der Waals surface area contributed by atoms with Crippen LogP contribution in [0.2, 0.25) is 0 Å². The number of halogens is 1. The Morgan fingerprint density at radius 2 is 2.29 bits per heavy atom. The predicted molar refractivity (Wildman–Crippen MR) is 73.1 cm³/mol. The summed E-state index contributed by atoms with van der Waals surface area (Å²) in [6, 6.07) is 4.01. The molecule has 1 amide bonds. The number of nitrogens with two attached hydrogens (primary N) is 1. The summed E-state index contributed by atoms with van der Waals surface area (Å²) in [7, 11) is 0. The van der Waals surface area contributed by atoms with E-state index in [9.17, 15) is 9.90 Å². The normalized spacial score (nSPS) is 13.5. The van der Waals surface area contributed by atoms with Crippen LogP contribution in [0.4, 0.5) is 0 Å². The van der Waals surface area contributed by atoms with E-state index in [-0.39, 0.29) is 12.0 Å². The first kappa shape index (κ1) is 14.6. The fourth-order valence-electron chi connectivity index (χ4n) is 1.30. The number of rotatable bonds is 5. The molecule has 6 heteroatoms. The quantitative estimate of drug-likeness (QED) is 0.763. The Balaban J connectivity index is 2.59. The standard InChI is InChI=1S/C11H17BrN2O2S/c1-11(2,8-3-4-9(12)17-8)6-14-10(16)7(15)5-13/h3-4,7,15H,5-6,13H2,1-2H3,(H,14,16). The van der Waals surface area contributed by atoms with E-state index in [0.717, 1.165) is 3.79 Å². The molecule has 0 radical (unpaired) electrons. The van der Waals surface area contributed by atoms with E-state index in [4.69, 9.17) is 5.73 Å². The van der Waals surface area contributed by atoms with E-state index in [1.165, 1.54) is 4.88 Å². The van der Waals surface area contributed by atoms with Crippen LogP contribution in [0.15, 0.2) is 15.9 Å². The van der Waals surface area contributed by atoms with Gasteiger partial charge in [-0.2, -0.15) is 0 Å². The Labute approximate surface area is 113 Å². The Morgan fingerprint density at radius 3 is 2.76 bits per heavy atom. The van der Waals surface area contributed by atoms with Crippen molar-refractivity contribution in [2.45, 2.75) is 25.4 Å². The van der Waals surface area contributed by atoms with E-state index >= 15 is 0 Å². The van der Waals surface area contributed by atoms with Crippen molar-refractivity contribution in [3.8, 4) is 0 Å². The van der Waals surface area contributed by atoms with Crippen LogP contribution in [0.25, 0.3) is 0 Å². The van der Waals surface area contributed by atoms with Gasteiger partial charge in [0.1, 0.15) is 6.10 Å². The Morgan fingerprint density at radius 1 is 1.65 bits per heavy atom. The second-order valence-corrected chi connectivity index (χ2v) is 6.92. The summed E-state index contributed by atoms with van der Waals surface area (Å²) in [5.74, 6) is -0.420. The van der Waals surface area contributed by atoms with Gasteiger partial charge in [0.05, 0.1) is 3.79 Å². The van der Waals surface area contributed by atoms with Crippen molar-refractivity contribution >= 4 is 33.2 Å². The first-order valence-electron chi connectivity index (χ1n) is 5.28. The molecular weight excluding hydrogens is 304 g/mol. The molecule has 0 aliphatic carbocycles. The highest BCUT2D eigenvalue weighted by atomic mass is 79.9. The van der Waals surface area contributed by atoms with Crippen LogP contribution in [0.3, 0.4) is 0 Å². The van der Waals surface area contributed by atoms with E-state index in [0.29, 0.717) is 6.54 Å². The summed E-state index contributed by atoms with van der Waals surface area (Å²) >= 11 is 5.05. The van der Waals surface area contributed by atoms with Crippen molar-refractivity contribution in [2.24, 2.45) is 5.73 Å². The number of aliphatic hydroxyl groups is 1. The molecule has 17 heavy (non-hydrogen) atoms. The van der Waals surface area contributed by atoms with E-state index in [1.807, 2.05) is 26.0 Å². The molecule has 0 saturated carbocycles. The average Bonchev–Trinajstić information content (AvgIpc) is 2.72. The zero-order valence-corrected chi connectivity index (χ0v) is 12.3. The van der Waals surface area contributed by atoms with Gasteiger partial charge in [-0.1, -0.05) is 13.8 Å². The number of nitrogens with one attached hydrogen (secondary N) is 1. The summed E-state index contributed by atoms with van der Waals surface area (Å²) in [5.41, 5.74) is 5.05. The van der Waals surface area contributed by atoms with Gasteiger partial charge < -0.3 is 16.2 Å². The third kappa shape index (κ3) is 4.06. The molecule has 0 spiro atoms. The summed E-state index contributed by atoms with van der Waals surface area (Å²) in [4.78, 5) is 12.6. The van der Waals surface area contributed by atoms with E-state index in [1.54, 1.807) is 11.3 Å². The summed E-state index contributed by atoms with van der Waals surface area (Å²) in [6.07, 6.45) is -1.12. The molecule has 1 atom stereocenters. The number of thiophene rings is 1. The van der Waals surface area contributed by atoms with Crippen LogP contribution in [0.1, 0.15) is 18.7 Å². The minimum atomic E-state index is -1.12. The van der Waals surface area contributed by atoms with Crippen molar-refractivity contribution in [2.75, 3.05) is 13.1 Å². The van der Waals surface area contributed by atoms with Gasteiger partial charge in [-0.3, -0.25) is 4.79 Å². The Kier molecular flexibility index (Phi) is 5.12. The minimum absolute atomic E-state index is 0.0587. The molecule has 1 heterocycles. The summed E-state index contributed by atoms with van der Waals surface area (Å²) < 4.78 is 1.06. The van der Waals surface area contributed by atoms with Gasteiger partial charge in [0.2, 0.25) is 5.91 Å². The zero-order valence-electron chi connectivity index (χ0n) is 9.87. The molecule has 0 aromatic carbocycles. The topological polar surface area (TPSA) is 75.3 Å². The molecule has 0 fully saturated rings. The summed E-state index contributed by atoms with van der Waals surface area (Å²) in [6.45, 7) is 4.49. The van der Waals surface area contributed by atoms with Crippen molar-refractivity contribution in [1.29, 1.82) is 0 Å². The molecule has 1 aromatic rings. The fourth-order valence-corrected chi connectivity index (χ4v) is 2.78. The largest absolute Gasteiger partial charge is 0.382 e. The lowest BCUT2D eigenvalue weighted by molar-refractivity contribution is -0.129. The van der Waals surface area contributed by atoms with E-state index in [2.05, 4.69) is 21.2 Å². The predicted octanol–water partition coefficient (Wildman–Crippen LogP) is 1.22. The number of carbonyl (C=O) groups excluding carboxylic acids is 1. The molecule has 4 nitrogen and oxygen atoms in total. The number of hydrogen-bond donors (Lipinski definition) is 3. The van der Waals surface area contributed by atoms with Gasteiger partial charge >= 0.3 is 0 Å². The molecule has 96 valence electrons. The van der Waals surface area contributed by atoms with Gasteiger partial charge in [-0.15, -0.1) is 11.3 Å². The molecule has 1 rings (SSSR count). The smallest absolute Gasteiger partial charge is 0.250 e. The van der Waals surface area contributed by atoms with E-state index < -0.39 is 12.0 Å². The SMILES string of the molecule is CC(C)(CNC(=O)C(O)CN)c1ccc(Br)s1. The van der Waals surface area contributed by atoms with Crippen molar-refractivity contribution in [3.05, 3.63) is 20.8 Å². The maximum Gasteiger partial charge on any atom is 0.250 e. The lowest BCUT2D eigenvalue weighted by Crippen LogP contribution is -2.44. The van der Waals surface area contributed by atoms with Crippen molar-refractivity contribution in [3.63, 3.8) is 0 Å². The molecule has 4 N–H and O–H groups in total. The van der Waals surface area contributed by atoms with Crippen molar-refractivity contribution < 1.29 is 9.90 Å². The molecule has 0 bridgehead atoms. The van der Waals surface area contributed by atoms with Crippen LogP contribution in [0, 0.1) is 0 Å². The second-order valence-electron chi connectivity index (χ2n) is 4.46. The van der Waals surface area contributed by atoms with Crippen LogP contribution in [0.5, 0.6) is 0 Å². The van der Waals surface area contributed by atoms with Crippen LogP contribution < -0.4 is 11.1 Å². The lowest BCUT2D eigenvalue weighted by atomic mass is 9.91. The van der Waals surface area contributed by atoms with Gasteiger partial charge in [0.15, 0.2) is 0 Å². The van der Waals surface area contributed by atoms with Gasteiger partial charge in [0, 0.05) is 23.4 Å². The van der Waals surface area contributed by atoms with Crippen LogP contribution in [-0.2, 0) is 10.2 Å². The molecule has 0 aliphatic heterocycles. The van der Waals surface area contributed by atoms with Crippen molar-refractivity contribution in [1.82, 2.24) is 5.32 Å². The highest BCUT2D eigenvalue weighted by Crippen LogP contribution is 2.32. The average molecular weight is 321 g/mol. The van der Waals surface area contributed by atoms with Crippen LogP contribution in [-0.4, -0.2) is 30.2 Å². The highest BCUT2D eigenvalue weighted by Gasteiger charge is 2.24. The molecule has 0 saturated heterocycles. The number of carbonyl (C=O) groups is 1. The highest BCUT2D eigenvalue weighted by molar-refractivity contribution is 9.11. The maximum absolute atomic E-state index is 11.4. The molecule has 1 unspecified atom stereocenters. The van der Waals surface area contributed by atoms with Gasteiger partial charge in [0.25, 0.3) is 0 Å². The molecular formula is C11H17BrN2O2S. The van der Waals surface area contributed by atoms with Gasteiger partial charge in [-0.05, 0) is 28.1 Å². The molecule has 1 aromatic heterocycles. The summed E-state index contributed by atoms with van der Waals surface area (Å²) in [5, 5.41) is 12.0. The lowest BCUT2D eigenvalue weighted by Gasteiger charge is -2.24. The number of aliphatic hydroxyl groups excluding tert-OH is 1. The Hall–Kier alpha value is -0.430. The number of hydrogen-bond acceptors (Lipinski definition) is 4. The monoisotopic (exact) mass is 320 g/mol. The molecule has 0 aliphatic rings. The zero-order chi connectivity index (χ0) is 13.1. The minimum Gasteiger partial charge on any atom is -0.382 e. The van der Waals surface area contributed by atoms with Gasteiger partial charge in [-0.25, -0.2) is 0 Å². The first-order chi connectivity index (χ1) is 7.86. The maximum atomic E-state index is 11.4. The fraction of sp³-hybridized carbons (Fsp3) is 0.545.